The third-order valence-corrected chi connectivity index (χ3v) is 5.91. The minimum absolute atomic E-state index is 0.149. The number of nitrogens with zero attached hydrogens (tertiary/aromatic N) is 1. The van der Waals surface area contributed by atoms with Crippen molar-refractivity contribution in [2.24, 2.45) is 0 Å². The first kappa shape index (κ1) is 21.9. The van der Waals surface area contributed by atoms with Crippen molar-refractivity contribution in [2.75, 3.05) is 12.0 Å². The molecule has 0 spiro atoms. The molecule has 2 aromatic carbocycles. The van der Waals surface area contributed by atoms with Crippen LogP contribution in [0.15, 0.2) is 53.4 Å². The number of urea groups is 1. The van der Waals surface area contributed by atoms with Gasteiger partial charge in [-0.3, -0.25) is 4.79 Å². The SMILES string of the molecule is COc1ccc(N2C(=O)N[C@@](NS(=O)(=O)c3ccc(Cl)cc3)(C(F)(F)F)C2=O)cc1. The molecule has 8 nitrogen and oxygen atoms in total. The van der Waals surface area contributed by atoms with Gasteiger partial charge in [-0.15, -0.1) is 0 Å². The van der Waals surface area contributed by atoms with Gasteiger partial charge in [-0.05, 0) is 48.5 Å². The second-order valence-electron chi connectivity index (χ2n) is 6.08. The molecule has 1 atom stereocenters. The fourth-order valence-electron chi connectivity index (χ4n) is 2.69. The number of imide groups is 1. The third kappa shape index (κ3) is 3.68. The molecule has 1 heterocycles. The van der Waals surface area contributed by atoms with Crippen LogP contribution in [0.2, 0.25) is 5.02 Å². The Morgan fingerprint density at radius 3 is 2.13 bits per heavy atom. The summed E-state index contributed by atoms with van der Waals surface area (Å²) in [5.41, 5.74) is -4.11. The number of anilines is 1. The molecule has 0 saturated carbocycles. The average Bonchev–Trinajstić information content (AvgIpc) is 2.92. The number of halogens is 4. The molecule has 1 aliphatic rings. The number of sulfonamides is 1. The second-order valence-corrected chi connectivity index (χ2v) is 8.19. The zero-order valence-electron chi connectivity index (χ0n) is 15.0. The lowest BCUT2D eigenvalue weighted by atomic mass is 10.1. The molecule has 1 fully saturated rings. The number of nitrogens with one attached hydrogen (secondary N) is 2. The Morgan fingerprint density at radius 1 is 1.07 bits per heavy atom. The lowest BCUT2D eigenvalue weighted by Gasteiger charge is -2.29. The van der Waals surface area contributed by atoms with Gasteiger partial charge in [-0.1, -0.05) is 11.6 Å². The highest BCUT2D eigenvalue weighted by Crippen LogP contribution is 2.37. The molecule has 13 heteroatoms. The van der Waals surface area contributed by atoms with Crippen molar-refractivity contribution in [1.29, 1.82) is 0 Å². The van der Waals surface area contributed by atoms with Gasteiger partial charge >= 0.3 is 12.2 Å². The first-order valence-corrected chi connectivity index (χ1v) is 9.94. The van der Waals surface area contributed by atoms with E-state index in [9.17, 15) is 31.2 Å². The van der Waals surface area contributed by atoms with Gasteiger partial charge in [-0.2, -0.15) is 17.9 Å². The Hall–Kier alpha value is -2.83. The zero-order valence-corrected chi connectivity index (χ0v) is 16.6. The molecular weight excluding hydrogens is 451 g/mol. The number of hydrogen-bond donors (Lipinski definition) is 2. The number of methoxy groups -OCH3 is 1. The highest BCUT2D eigenvalue weighted by molar-refractivity contribution is 7.89. The van der Waals surface area contributed by atoms with E-state index in [0.717, 1.165) is 24.3 Å². The van der Waals surface area contributed by atoms with Crippen LogP contribution in [0, 0.1) is 0 Å². The normalized spacial score (nSPS) is 19.7. The van der Waals surface area contributed by atoms with Crippen LogP contribution in [0.5, 0.6) is 5.75 Å². The summed E-state index contributed by atoms with van der Waals surface area (Å²) in [5.74, 6) is -1.53. The van der Waals surface area contributed by atoms with E-state index in [2.05, 4.69) is 0 Å². The number of rotatable bonds is 5. The Labute approximate surface area is 173 Å². The highest BCUT2D eigenvalue weighted by atomic mass is 35.5. The molecule has 1 saturated heterocycles. The monoisotopic (exact) mass is 463 g/mol. The number of amides is 3. The van der Waals surface area contributed by atoms with Crippen LogP contribution in [-0.4, -0.2) is 39.3 Å². The van der Waals surface area contributed by atoms with Crippen LogP contribution in [0.4, 0.5) is 23.7 Å². The maximum atomic E-state index is 13.9. The van der Waals surface area contributed by atoms with Gasteiger partial charge in [-0.25, -0.2) is 18.1 Å². The van der Waals surface area contributed by atoms with Crippen molar-refractivity contribution >= 4 is 39.2 Å². The molecule has 2 aromatic rings. The molecule has 0 aliphatic carbocycles. The third-order valence-electron chi connectivity index (χ3n) is 4.19. The lowest BCUT2D eigenvalue weighted by Crippen LogP contribution is -2.69. The minimum atomic E-state index is -5.50. The van der Waals surface area contributed by atoms with Crippen LogP contribution in [0.3, 0.4) is 0 Å². The molecule has 3 amide bonds. The molecule has 0 radical (unpaired) electrons. The van der Waals surface area contributed by atoms with E-state index < -0.39 is 38.7 Å². The summed E-state index contributed by atoms with van der Waals surface area (Å²) < 4.78 is 73.1. The molecule has 1 aliphatic heterocycles. The molecule has 3 rings (SSSR count). The summed E-state index contributed by atoms with van der Waals surface area (Å²) in [5, 5.41) is 1.58. The smallest absolute Gasteiger partial charge is 0.435 e. The maximum Gasteiger partial charge on any atom is 0.435 e. The van der Waals surface area contributed by atoms with E-state index in [1.54, 1.807) is 0 Å². The summed E-state index contributed by atoms with van der Waals surface area (Å²) >= 11 is 5.66. The number of carbonyl (C=O) groups is 2. The largest absolute Gasteiger partial charge is 0.497 e. The average molecular weight is 464 g/mol. The topological polar surface area (TPSA) is 105 Å². The Morgan fingerprint density at radius 2 is 1.63 bits per heavy atom. The summed E-state index contributed by atoms with van der Waals surface area (Å²) in [6, 6.07) is 7.75. The van der Waals surface area contributed by atoms with Gasteiger partial charge in [0.1, 0.15) is 5.75 Å². The van der Waals surface area contributed by atoms with E-state index in [0.29, 0.717) is 5.75 Å². The van der Waals surface area contributed by atoms with Crippen molar-refractivity contribution in [3.8, 4) is 5.75 Å². The Kier molecular flexibility index (Phi) is 5.43. The summed E-state index contributed by atoms with van der Waals surface area (Å²) in [7, 11) is -3.54. The number of alkyl halides is 3. The minimum Gasteiger partial charge on any atom is -0.497 e. The van der Waals surface area contributed by atoms with Crippen LogP contribution in [0.1, 0.15) is 0 Å². The molecule has 0 aromatic heterocycles. The Balaban J connectivity index is 2.04. The highest BCUT2D eigenvalue weighted by Gasteiger charge is 2.69. The van der Waals surface area contributed by atoms with Gasteiger partial charge in [0.25, 0.3) is 11.6 Å². The van der Waals surface area contributed by atoms with Gasteiger partial charge in [0.15, 0.2) is 0 Å². The van der Waals surface area contributed by atoms with E-state index in [4.69, 9.17) is 16.3 Å². The Bertz CT molecular complexity index is 1090. The number of benzene rings is 2. The van der Waals surface area contributed by atoms with Crippen molar-refractivity contribution in [2.45, 2.75) is 16.7 Å². The zero-order chi connectivity index (χ0) is 22.3. The van der Waals surface area contributed by atoms with E-state index in [-0.39, 0.29) is 15.6 Å². The predicted octanol–water partition coefficient (Wildman–Crippen LogP) is 2.64. The van der Waals surface area contributed by atoms with E-state index in [1.165, 1.54) is 41.4 Å². The van der Waals surface area contributed by atoms with Gasteiger partial charge in [0.2, 0.25) is 10.0 Å². The predicted molar refractivity (Wildman–Crippen MR) is 99.6 cm³/mol. The first-order chi connectivity index (χ1) is 13.9. The summed E-state index contributed by atoms with van der Waals surface area (Å²) in [4.78, 5) is 24.6. The van der Waals surface area contributed by atoms with Crippen molar-refractivity contribution < 1.29 is 35.9 Å². The maximum absolute atomic E-state index is 13.9. The summed E-state index contributed by atoms with van der Waals surface area (Å²) in [6.07, 6.45) is -5.50. The quantitative estimate of drug-likeness (QED) is 0.663. The summed E-state index contributed by atoms with van der Waals surface area (Å²) in [6.45, 7) is 0. The van der Waals surface area contributed by atoms with Crippen molar-refractivity contribution in [1.82, 2.24) is 10.0 Å². The molecular formula is C17H13ClF3N3O5S. The molecule has 160 valence electrons. The van der Waals surface area contributed by atoms with Crippen molar-refractivity contribution in [3.05, 3.63) is 53.6 Å². The number of carbonyl (C=O) groups excluding carboxylic acids is 2. The fourth-order valence-corrected chi connectivity index (χ4v) is 4.08. The van der Waals surface area contributed by atoms with Crippen LogP contribution >= 0.6 is 11.6 Å². The van der Waals surface area contributed by atoms with Gasteiger partial charge < -0.3 is 10.1 Å². The fraction of sp³-hybridized carbons (Fsp3) is 0.176. The van der Waals surface area contributed by atoms with Crippen molar-refractivity contribution in [3.63, 3.8) is 0 Å². The van der Waals surface area contributed by atoms with Gasteiger partial charge in [0, 0.05) is 5.02 Å². The molecule has 2 N–H and O–H groups in total. The standard InChI is InChI=1S/C17H13ClF3N3O5S/c1-29-12-6-4-11(5-7-12)24-14(25)16(17(19,20)21,22-15(24)26)23-30(27,28)13-8-2-10(18)3-9-13/h2-9,23H,1H3,(H,22,26)/t16-/m0/s1. The van der Waals surface area contributed by atoms with E-state index >= 15 is 0 Å². The van der Waals surface area contributed by atoms with Crippen LogP contribution in [0.25, 0.3) is 0 Å². The number of ether oxygens (including phenoxy) is 1. The molecule has 0 unspecified atom stereocenters. The lowest BCUT2D eigenvalue weighted by molar-refractivity contribution is -0.194. The van der Waals surface area contributed by atoms with Crippen LogP contribution < -0.4 is 19.7 Å². The second kappa shape index (κ2) is 7.45. The number of hydrogen-bond acceptors (Lipinski definition) is 5. The molecule has 0 bridgehead atoms. The van der Waals surface area contributed by atoms with E-state index in [1.807, 2.05) is 0 Å². The first-order valence-electron chi connectivity index (χ1n) is 8.08. The van der Waals surface area contributed by atoms with Crippen LogP contribution in [-0.2, 0) is 14.8 Å². The van der Waals surface area contributed by atoms with Gasteiger partial charge in [0.05, 0.1) is 17.7 Å². The molecule has 30 heavy (non-hydrogen) atoms.